The highest BCUT2D eigenvalue weighted by atomic mass is 16.6. The van der Waals surface area contributed by atoms with E-state index in [1.165, 1.54) is 5.56 Å². The predicted octanol–water partition coefficient (Wildman–Crippen LogP) is 1.15. The lowest BCUT2D eigenvalue weighted by Gasteiger charge is -2.12. The molecule has 4 heteroatoms. The van der Waals surface area contributed by atoms with Crippen molar-refractivity contribution in [3.63, 3.8) is 0 Å². The summed E-state index contributed by atoms with van der Waals surface area (Å²) >= 11 is 0. The summed E-state index contributed by atoms with van der Waals surface area (Å²) in [5, 5.41) is 9.61. The summed E-state index contributed by atoms with van der Waals surface area (Å²) in [6, 6.07) is 7.73. The van der Waals surface area contributed by atoms with Crippen molar-refractivity contribution in [2.75, 3.05) is 26.4 Å². The number of hydrogen-bond donors (Lipinski definition) is 1. The second-order valence-electron chi connectivity index (χ2n) is 4.27. The lowest BCUT2D eigenvalue weighted by Crippen LogP contribution is -2.24. The minimum atomic E-state index is -0.602. The molecule has 94 valence electrons. The fraction of sp³-hybridized carbons (Fsp3) is 0.538. The third-order valence-electron chi connectivity index (χ3n) is 2.48. The molecule has 2 unspecified atom stereocenters. The van der Waals surface area contributed by atoms with Gasteiger partial charge in [0.15, 0.2) is 0 Å². The molecule has 0 bridgehead atoms. The van der Waals surface area contributed by atoms with Crippen LogP contribution in [0.5, 0.6) is 5.75 Å². The second-order valence-corrected chi connectivity index (χ2v) is 4.27. The Kier molecular flexibility index (Phi) is 4.36. The molecule has 17 heavy (non-hydrogen) atoms. The maximum atomic E-state index is 9.61. The van der Waals surface area contributed by atoms with Crippen molar-refractivity contribution < 1.29 is 19.3 Å². The van der Waals surface area contributed by atoms with Gasteiger partial charge in [0.2, 0.25) is 0 Å². The van der Waals surface area contributed by atoms with Crippen LogP contribution in [0.3, 0.4) is 0 Å². The van der Waals surface area contributed by atoms with Crippen LogP contribution in [0.1, 0.15) is 5.56 Å². The van der Waals surface area contributed by atoms with Crippen molar-refractivity contribution in [3.8, 4) is 5.75 Å². The average Bonchev–Trinajstić information content (AvgIpc) is 3.12. The van der Waals surface area contributed by atoms with Crippen LogP contribution in [0.25, 0.3) is 0 Å². The number of rotatable bonds is 7. The Balaban J connectivity index is 1.60. The van der Waals surface area contributed by atoms with Crippen LogP contribution < -0.4 is 4.74 Å². The van der Waals surface area contributed by atoms with Crippen molar-refractivity contribution in [3.05, 3.63) is 29.8 Å². The van der Waals surface area contributed by atoms with E-state index < -0.39 is 6.10 Å². The van der Waals surface area contributed by atoms with Crippen molar-refractivity contribution in [2.24, 2.45) is 0 Å². The van der Waals surface area contributed by atoms with Gasteiger partial charge in [0.1, 0.15) is 24.6 Å². The average molecular weight is 238 g/mol. The Morgan fingerprint density at radius 3 is 2.71 bits per heavy atom. The number of ether oxygens (including phenoxy) is 3. The van der Waals surface area contributed by atoms with Gasteiger partial charge in [-0.25, -0.2) is 0 Å². The monoisotopic (exact) mass is 238 g/mol. The molecule has 1 aliphatic heterocycles. The summed E-state index contributed by atoms with van der Waals surface area (Å²) < 4.78 is 15.7. The highest BCUT2D eigenvalue weighted by molar-refractivity contribution is 5.26. The number of epoxide rings is 1. The van der Waals surface area contributed by atoms with E-state index >= 15 is 0 Å². The first-order valence-corrected chi connectivity index (χ1v) is 5.81. The summed E-state index contributed by atoms with van der Waals surface area (Å²) in [5.74, 6) is 0.764. The van der Waals surface area contributed by atoms with Gasteiger partial charge in [-0.3, -0.25) is 0 Å². The molecule has 1 aromatic rings. The molecule has 4 nitrogen and oxygen atoms in total. The van der Waals surface area contributed by atoms with Crippen LogP contribution in [0, 0.1) is 6.92 Å². The molecule has 0 amide bonds. The van der Waals surface area contributed by atoms with Gasteiger partial charge in [-0.15, -0.1) is 0 Å². The van der Waals surface area contributed by atoms with Crippen LogP contribution in [0.2, 0.25) is 0 Å². The summed E-state index contributed by atoms with van der Waals surface area (Å²) in [4.78, 5) is 0. The van der Waals surface area contributed by atoms with Crippen LogP contribution in [-0.2, 0) is 9.47 Å². The van der Waals surface area contributed by atoms with E-state index in [2.05, 4.69) is 0 Å². The van der Waals surface area contributed by atoms with Crippen molar-refractivity contribution in [1.82, 2.24) is 0 Å². The van der Waals surface area contributed by atoms with Gasteiger partial charge in [0.25, 0.3) is 0 Å². The van der Waals surface area contributed by atoms with Gasteiger partial charge >= 0.3 is 0 Å². The molecule has 1 aromatic carbocycles. The number of hydrogen-bond acceptors (Lipinski definition) is 4. The Labute approximate surface area is 101 Å². The highest BCUT2D eigenvalue weighted by Gasteiger charge is 2.22. The zero-order valence-corrected chi connectivity index (χ0v) is 9.96. The SMILES string of the molecule is Cc1ccc(OCC(O)COCC2CO2)cc1. The van der Waals surface area contributed by atoms with E-state index in [4.69, 9.17) is 14.2 Å². The van der Waals surface area contributed by atoms with Gasteiger partial charge in [-0.1, -0.05) is 17.7 Å². The van der Waals surface area contributed by atoms with E-state index in [9.17, 15) is 5.11 Å². The molecule has 1 fully saturated rings. The van der Waals surface area contributed by atoms with E-state index in [-0.39, 0.29) is 19.3 Å². The molecule has 1 N–H and O–H groups in total. The van der Waals surface area contributed by atoms with E-state index in [1.807, 2.05) is 31.2 Å². The van der Waals surface area contributed by atoms with E-state index in [1.54, 1.807) is 0 Å². The molecule has 0 saturated carbocycles. The maximum absolute atomic E-state index is 9.61. The number of aliphatic hydroxyl groups excluding tert-OH is 1. The van der Waals surface area contributed by atoms with Gasteiger partial charge in [0.05, 0.1) is 19.8 Å². The van der Waals surface area contributed by atoms with Gasteiger partial charge in [0, 0.05) is 0 Å². The van der Waals surface area contributed by atoms with Gasteiger partial charge in [-0.2, -0.15) is 0 Å². The van der Waals surface area contributed by atoms with Crippen LogP contribution in [0.15, 0.2) is 24.3 Å². The third kappa shape index (κ3) is 4.73. The minimum absolute atomic E-state index is 0.236. The molecular formula is C13H18O4. The number of aryl methyl sites for hydroxylation is 1. The Morgan fingerprint density at radius 1 is 1.35 bits per heavy atom. The fourth-order valence-corrected chi connectivity index (χ4v) is 1.37. The molecule has 0 aromatic heterocycles. The number of benzene rings is 1. The number of aliphatic hydroxyl groups is 1. The van der Waals surface area contributed by atoms with Crippen molar-refractivity contribution in [2.45, 2.75) is 19.1 Å². The first-order chi connectivity index (χ1) is 8.24. The Hall–Kier alpha value is -1.10. The summed E-state index contributed by atoms with van der Waals surface area (Å²) in [6.07, 6.45) is -0.365. The summed E-state index contributed by atoms with van der Waals surface area (Å²) in [7, 11) is 0. The second kappa shape index (κ2) is 6.00. The topological polar surface area (TPSA) is 51.2 Å². The third-order valence-corrected chi connectivity index (χ3v) is 2.48. The zero-order chi connectivity index (χ0) is 12.1. The van der Waals surface area contributed by atoms with E-state index in [0.717, 1.165) is 12.4 Å². The maximum Gasteiger partial charge on any atom is 0.119 e. The lowest BCUT2D eigenvalue weighted by molar-refractivity contribution is 0.00761. The first kappa shape index (κ1) is 12.4. The lowest BCUT2D eigenvalue weighted by atomic mass is 10.2. The minimum Gasteiger partial charge on any atom is -0.491 e. The molecule has 2 rings (SSSR count). The summed E-state index contributed by atoms with van der Waals surface area (Å²) in [6.45, 7) is 3.88. The van der Waals surface area contributed by atoms with Gasteiger partial charge < -0.3 is 19.3 Å². The molecular weight excluding hydrogens is 220 g/mol. The quantitative estimate of drug-likeness (QED) is 0.724. The largest absolute Gasteiger partial charge is 0.491 e. The van der Waals surface area contributed by atoms with Gasteiger partial charge in [-0.05, 0) is 19.1 Å². The van der Waals surface area contributed by atoms with Crippen LogP contribution >= 0.6 is 0 Å². The first-order valence-electron chi connectivity index (χ1n) is 5.81. The predicted molar refractivity (Wildman–Crippen MR) is 63.2 cm³/mol. The molecule has 0 spiro atoms. The molecule has 1 heterocycles. The van der Waals surface area contributed by atoms with Crippen molar-refractivity contribution in [1.29, 1.82) is 0 Å². The fourth-order valence-electron chi connectivity index (χ4n) is 1.37. The molecule has 0 aliphatic carbocycles. The molecule has 0 radical (unpaired) electrons. The van der Waals surface area contributed by atoms with Crippen LogP contribution in [-0.4, -0.2) is 43.7 Å². The highest BCUT2D eigenvalue weighted by Crippen LogP contribution is 2.12. The van der Waals surface area contributed by atoms with Crippen LogP contribution in [0.4, 0.5) is 0 Å². The van der Waals surface area contributed by atoms with Crippen molar-refractivity contribution >= 4 is 0 Å². The molecule has 1 aliphatic rings. The molecule has 1 saturated heterocycles. The standard InChI is InChI=1S/C13H18O4/c1-10-2-4-12(5-3-10)16-7-11(14)6-15-8-13-9-17-13/h2-5,11,13-14H,6-9H2,1H3. The zero-order valence-electron chi connectivity index (χ0n) is 9.96. The van der Waals surface area contributed by atoms with E-state index in [0.29, 0.717) is 6.61 Å². The smallest absolute Gasteiger partial charge is 0.119 e. The Bertz CT molecular complexity index is 332. The Morgan fingerprint density at radius 2 is 2.06 bits per heavy atom. The molecule has 2 atom stereocenters. The summed E-state index contributed by atoms with van der Waals surface area (Å²) in [5.41, 5.74) is 1.19. The normalized spacial score (nSPS) is 20.0.